The number of carbonyl (C=O) groups is 3. The molecule has 0 unspecified atom stereocenters. The van der Waals surface area contributed by atoms with Crippen LogP contribution in [0.25, 0.3) is 0 Å². The first kappa shape index (κ1) is 20.1. The molecule has 0 aromatic carbocycles. The molecule has 0 bridgehead atoms. The first-order chi connectivity index (χ1) is 12.1. The fraction of sp³-hybridized carbons (Fsp3) is 0.571. The van der Waals surface area contributed by atoms with E-state index in [1.165, 1.54) is 0 Å². The minimum absolute atomic E-state index is 0.155. The molecule has 0 radical (unpaired) electrons. The third kappa shape index (κ3) is 8.44. The molecule has 0 aliphatic carbocycles. The van der Waals surface area contributed by atoms with Crippen molar-refractivity contribution in [1.29, 1.82) is 0 Å². The van der Waals surface area contributed by atoms with Crippen molar-refractivity contribution in [3.05, 3.63) is 0 Å². The molecule has 11 nitrogen and oxygen atoms in total. The van der Waals surface area contributed by atoms with E-state index in [1.54, 1.807) is 0 Å². The van der Waals surface area contributed by atoms with Crippen molar-refractivity contribution in [3.8, 4) is 0 Å². The average molecular weight is 354 g/mol. The van der Waals surface area contributed by atoms with E-state index in [-0.39, 0.29) is 31.1 Å². The summed E-state index contributed by atoms with van der Waals surface area (Å²) in [6.07, 6.45) is 2.03. The Balaban J connectivity index is 2.73. The Hall–Kier alpha value is -2.98. The summed E-state index contributed by atoms with van der Waals surface area (Å²) in [6, 6.07) is 0. The molecule has 0 atom stereocenters. The molecule has 3 amide bonds. The van der Waals surface area contributed by atoms with Crippen LogP contribution in [0.15, 0.2) is 0 Å². The van der Waals surface area contributed by atoms with Crippen molar-refractivity contribution in [2.75, 3.05) is 29.2 Å². The van der Waals surface area contributed by atoms with Gasteiger partial charge in [0.15, 0.2) is 0 Å². The van der Waals surface area contributed by atoms with Crippen LogP contribution in [0.4, 0.5) is 27.4 Å². The Morgan fingerprint density at radius 2 is 1.32 bits per heavy atom. The van der Waals surface area contributed by atoms with Crippen LogP contribution < -0.4 is 16.0 Å². The second kappa shape index (κ2) is 11.5. The van der Waals surface area contributed by atoms with Gasteiger partial charge < -0.3 is 9.47 Å². The first-order valence-electron chi connectivity index (χ1n) is 7.92. The van der Waals surface area contributed by atoms with Crippen LogP contribution in [0.5, 0.6) is 0 Å². The molecule has 1 aromatic rings. The van der Waals surface area contributed by atoms with Gasteiger partial charge in [0.05, 0.1) is 13.2 Å². The van der Waals surface area contributed by atoms with E-state index in [4.69, 9.17) is 9.47 Å². The van der Waals surface area contributed by atoms with Crippen LogP contribution in [0.3, 0.4) is 0 Å². The zero-order chi connectivity index (χ0) is 18.5. The minimum Gasteiger partial charge on any atom is -0.449 e. The van der Waals surface area contributed by atoms with Gasteiger partial charge in [0.2, 0.25) is 24.3 Å². The highest BCUT2D eigenvalue weighted by Crippen LogP contribution is 2.10. The number of rotatable bonds is 10. The molecule has 0 saturated heterocycles. The van der Waals surface area contributed by atoms with Crippen LogP contribution in [-0.4, -0.2) is 46.8 Å². The Morgan fingerprint density at radius 3 is 1.72 bits per heavy atom. The second-order valence-corrected chi connectivity index (χ2v) is 4.80. The quantitative estimate of drug-likeness (QED) is 0.428. The molecule has 0 aliphatic heterocycles. The summed E-state index contributed by atoms with van der Waals surface area (Å²) in [6.45, 7) is 4.42. The molecule has 138 valence electrons. The van der Waals surface area contributed by atoms with E-state index in [2.05, 4.69) is 30.9 Å². The average Bonchev–Trinajstić information content (AvgIpc) is 2.55. The number of nitrogens with zero attached hydrogens (tertiary/aromatic N) is 3. The first-order valence-corrected chi connectivity index (χ1v) is 7.92. The SMILES string of the molecule is CCCCOC(=O)Nc1nc(NC=O)nc(NC(=O)OCCCC)n1. The summed E-state index contributed by atoms with van der Waals surface area (Å²) >= 11 is 0. The lowest BCUT2D eigenvalue weighted by Gasteiger charge is -2.09. The highest BCUT2D eigenvalue weighted by molar-refractivity contribution is 5.85. The van der Waals surface area contributed by atoms with Crippen molar-refractivity contribution < 1.29 is 23.9 Å². The predicted octanol–water partition coefficient (Wildman–Crippen LogP) is 2.14. The minimum atomic E-state index is -0.756. The van der Waals surface area contributed by atoms with Gasteiger partial charge in [-0.25, -0.2) is 9.59 Å². The Bertz CT molecular complexity index is 541. The van der Waals surface area contributed by atoms with Crippen LogP contribution in [0.1, 0.15) is 39.5 Å². The van der Waals surface area contributed by atoms with Gasteiger partial charge in [-0.2, -0.15) is 15.0 Å². The maximum Gasteiger partial charge on any atom is 0.414 e. The van der Waals surface area contributed by atoms with Crippen LogP contribution >= 0.6 is 0 Å². The van der Waals surface area contributed by atoms with E-state index in [1.807, 2.05) is 13.8 Å². The van der Waals surface area contributed by atoms with Crippen molar-refractivity contribution in [2.24, 2.45) is 0 Å². The lowest BCUT2D eigenvalue weighted by molar-refractivity contribution is -0.105. The number of hydrogen-bond acceptors (Lipinski definition) is 8. The largest absolute Gasteiger partial charge is 0.449 e. The van der Waals surface area contributed by atoms with E-state index in [0.29, 0.717) is 6.41 Å². The zero-order valence-corrected chi connectivity index (χ0v) is 14.2. The lowest BCUT2D eigenvalue weighted by Crippen LogP contribution is -2.20. The molecule has 3 N–H and O–H groups in total. The smallest absolute Gasteiger partial charge is 0.414 e. The molecule has 0 spiro atoms. The summed E-state index contributed by atoms with van der Waals surface area (Å²) in [4.78, 5) is 45.3. The van der Waals surface area contributed by atoms with Crippen molar-refractivity contribution in [1.82, 2.24) is 15.0 Å². The van der Waals surface area contributed by atoms with Crippen LogP contribution in [0.2, 0.25) is 0 Å². The van der Waals surface area contributed by atoms with E-state index < -0.39 is 12.2 Å². The van der Waals surface area contributed by atoms with E-state index >= 15 is 0 Å². The number of carbonyl (C=O) groups excluding carboxylic acids is 3. The van der Waals surface area contributed by atoms with Gasteiger partial charge in [0.25, 0.3) is 0 Å². The molecule has 0 saturated carbocycles. The molecule has 0 fully saturated rings. The zero-order valence-electron chi connectivity index (χ0n) is 14.2. The maximum atomic E-state index is 11.6. The number of hydrogen-bond donors (Lipinski definition) is 3. The molecule has 11 heteroatoms. The highest BCUT2D eigenvalue weighted by atomic mass is 16.6. The maximum absolute atomic E-state index is 11.6. The normalized spacial score (nSPS) is 9.84. The summed E-state index contributed by atoms with van der Waals surface area (Å²) in [7, 11) is 0. The van der Waals surface area contributed by atoms with Crippen LogP contribution in [0, 0.1) is 0 Å². The van der Waals surface area contributed by atoms with Crippen molar-refractivity contribution >= 4 is 36.4 Å². The molecular weight excluding hydrogens is 332 g/mol. The number of aromatic nitrogens is 3. The summed E-state index contributed by atoms with van der Waals surface area (Å²) in [5, 5.41) is 6.80. The highest BCUT2D eigenvalue weighted by Gasteiger charge is 2.13. The summed E-state index contributed by atoms with van der Waals surface area (Å²) in [5.41, 5.74) is 0. The number of amides is 3. The van der Waals surface area contributed by atoms with Crippen LogP contribution in [-0.2, 0) is 14.3 Å². The standard InChI is InChI=1S/C14H22N6O5/c1-3-5-7-24-13(22)19-11-16-10(15-9-21)17-12(18-11)20-14(23)25-8-6-4-2/h9H,3-8H2,1-2H3,(H3,15,16,17,18,19,20,21,22,23). The van der Waals surface area contributed by atoms with E-state index in [0.717, 1.165) is 25.7 Å². The van der Waals surface area contributed by atoms with Gasteiger partial charge in [0.1, 0.15) is 0 Å². The molecule has 1 aromatic heterocycles. The number of ether oxygens (including phenoxy) is 2. The van der Waals surface area contributed by atoms with Gasteiger partial charge in [-0.05, 0) is 12.8 Å². The van der Waals surface area contributed by atoms with Gasteiger partial charge in [-0.3, -0.25) is 20.7 Å². The summed E-state index contributed by atoms with van der Waals surface area (Å²) < 4.78 is 9.84. The number of unbranched alkanes of at least 4 members (excludes halogenated alkanes) is 2. The Morgan fingerprint density at radius 1 is 0.880 bits per heavy atom. The topological polar surface area (TPSA) is 144 Å². The third-order valence-corrected chi connectivity index (χ3v) is 2.71. The van der Waals surface area contributed by atoms with Gasteiger partial charge in [0, 0.05) is 0 Å². The fourth-order valence-electron chi connectivity index (χ4n) is 1.48. The van der Waals surface area contributed by atoms with Gasteiger partial charge in [-0.15, -0.1) is 0 Å². The molecule has 25 heavy (non-hydrogen) atoms. The van der Waals surface area contributed by atoms with Gasteiger partial charge >= 0.3 is 12.2 Å². The number of nitrogens with one attached hydrogen (secondary N) is 3. The molecule has 1 rings (SSSR count). The Kier molecular flexibility index (Phi) is 9.26. The monoisotopic (exact) mass is 354 g/mol. The van der Waals surface area contributed by atoms with Crippen molar-refractivity contribution in [2.45, 2.75) is 39.5 Å². The fourth-order valence-corrected chi connectivity index (χ4v) is 1.48. The molecule has 0 aliphatic rings. The second-order valence-electron chi connectivity index (χ2n) is 4.80. The molecule has 1 heterocycles. The lowest BCUT2D eigenvalue weighted by atomic mass is 10.4. The summed E-state index contributed by atoms with van der Waals surface area (Å²) in [5.74, 6) is -0.535. The molecular formula is C14H22N6O5. The number of anilines is 3. The van der Waals surface area contributed by atoms with Crippen molar-refractivity contribution in [3.63, 3.8) is 0 Å². The van der Waals surface area contributed by atoms with E-state index in [9.17, 15) is 14.4 Å². The Labute approximate surface area is 144 Å². The third-order valence-electron chi connectivity index (χ3n) is 2.71. The predicted molar refractivity (Wildman–Crippen MR) is 89.3 cm³/mol. The van der Waals surface area contributed by atoms with Gasteiger partial charge in [-0.1, -0.05) is 26.7 Å².